The highest BCUT2D eigenvalue weighted by Gasteiger charge is 2.47. The van der Waals surface area contributed by atoms with Gasteiger partial charge in [-0.3, -0.25) is 33.6 Å². The van der Waals surface area contributed by atoms with E-state index in [1.54, 1.807) is 53.7 Å². The highest BCUT2D eigenvalue weighted by Crippen LogP contribution is 2.28. The molecule has 0 aromatic heterocycles. The number of hydrogen-bond donors (Lipinski definition) is 7. The first kappa shape index (κ1) is 52.8. The van der Waals surface area contributed by atoms with Crippen LogP contribution in [0.3, 0.4) is 0 Å². The third-order valence-corrected chi connectivity index (χ3v) is 12.2. The number of aliphatic hydroxyl groups excluding tert-OH is 1. The van der Waals surface area contributed by atoms with E-state index in [0.29, 0.717) is 18.4 Å². The van der Waals surface area contributed by atoms with E-state index >= 15 is 0 Å². The fourth-order valence-electron chi connectivity index (χ4n) is 7.98. The van der Waals surface area contributed by atoms with E-state index in [-0.39, 0.29) is 62.4 Å². The Bertz CT molecular complexity index is 1860. The van der Waals surface area contributed by atoms with Gasteiger partial charge in [-0.2, -0.15) is 0 Å². The number of rotatable bonds is 15. The van der Waals surface area contributed by atoms with Gasteiger partial charge in [0.15, 0.2) is 0 Å². The van der Waals surface area contributed by atoms with Gasteiger partial charge in [-0.15, -0.1) is 0 Å². The molecule has 11 atom stereocenters. The quantitative estimate of drug-likeness (QED) is 0.121. The number of nitrogens with zero attached hydrogens (tertiary/aromatic N) is 2. The van der Waals surface area contributed by atoms with E-state index in [2.05, 4.69) is 21.3 Å². The summed E-state index contributed by atoms with van der Waals surface area (Å²) in [6.07, 6.45) is -2.99. The standard InChI is InChI=1S/C45H69N7O12/c1-10-24(5)36-45(63)64-27(8)37(50-39(57)29(21-26(7)53)14-18-34(46)55)42(60)48-32(20-23(3)4)40(58)47-31-17-19-35(56)52(43(31)61)38(25(6)11-2)44(62)51(9)33(41(59)49-36)22-28-12-15-30(54)16-13-28/h12-13,15-16,23-25,27,29,31-33,35-38,54,56H,10-11,14,17-22H2,1-9H3,(H2,46,55)(H,47,58)(H,48,60)(H,49,59)(H,50,57)/t24?,25?,27-,29-,31?,32+,33+,35+,36+,37+,38+/m1/s1. The van der Waals surface area contributed by atoms with Crippen LogP contribution in [0.1, 0.15) is 112 Å². The number of aromatic hydroxyl groups is 1. The van der Waals surface area contributed by atoms with E-state index in [1.807, 2.05) is 0 Å². The van der Waals surface area contributed by atoms with Crippen LogP contribution >= 0.6 is 0 Å². The lowest BCUT2D eigenvalue weighted by Gasteiger charge is -2.44. The summed E-state index contributed by atoms with van der Waals surface area (Å²) in [4.78, 5) is 127. The van der Waals surface area contributed by atoms with Gasteiger partial charge in [-0.25, -0.2) is 4.79 Å². The van der Waals surface area contributed by atoms with Crippen molar-refractivity contribution in [2.45, 2.75) is 162 Å². The SMILES string of the molecule is CCC(C)[C@@H]1NC(=O)[C@H](Cc2ccc(O)cc2)N(C)C(=O)[C@H](C(C)CC)N2C(=O)C(CC[C@@H]2O)NC(=O)[C@H](CC(C)C)NC(=O)[C@@H](NC(=O)[C@H](CCC(N)=O)CC(C)=O)[C@@H](C)OC1=O. The van der Waals surface area contributed by atoms with Crippen LogP contribution in [-0.2, 0) is 54.3 Å². The van der Waals surface area contributed by atoms with Crippen molar-refractivity contribution in [2.75, 3.05) is 7.05 Å². The zero-order valence-electron chi connectivity index (χ0n) is 38.6. The number of ketones is 1. The van der Waals surface area contributed by atoms with Gasteiger partial charge in [-0.1, -0.05) is 66.5 Å². The minimum absolute atomic E-state index is 0.0146. The van der Waals surface area contributed by atoms with E-state index in [0.717, 1.165) is 4.90 Å². The third-order valence-electron chi connectivity index (χ3n) is 12.2. The molecule has 3 rings (SSSR count). The number of cyclic esters (lactones) is 1. The van der Waals surface area contributed by atoms with Crippen LogP contribution < -0.4 is 27.0 Å². The zero-order valence-corrected chi connectivity index (χ0v) is 38.6. The van der Waals surface area contributed by atoms with E-state index in [1.165, 1.54) is 37.9 Å². The molecule has 19 heteroatoms. The number of esters is 1. The van der Waals surface area contributed by atoms with Crippen LogP contribution in [-0.4, -0.2) is 129 Å². The van der Waals surface area contributed by atoms with Crippen molar-refractivity contribution in [1.29, 1.82) is 0 Å². The maximum Gasteiger partial charge on any atom is 0.329 e. The minimum Gasteiger partial charge on any atom is -0.508 e. The molecule has 2 fully saturated rings. The van der Waals surface area contributed by atoms with Gasteiger partial charge in [0, 0.05) is 32.2 Å². The minimum atomic E-state index is -1.69. The van der Waals surface area contributed by atoms with Crippen molar-refractivity contribution in [2.24, 2.45) is 29.4 Å². The summed E-state index contributed by atoms with van der Waals surface area (Å²) < 4.78 is 5.89. The Morgan fingerprint density at radius 1 is 0.891 bits per heavy atom. The Morgan fingerprint density at radius 3 is 2.08 bits per heavy atom. The summed E-state index contributed by atoms with van der Waals surface area (Å²) in [5, 5.41) is 32.1. The molecule has 0 aliphatic carbocycles. The van der Waals surface area contributed by atoms with Crippen molar-refractivity contribution in [3.05, 3.63) is 29.8 Å². The highest BCUT2D eigenvalue weighted by molar-refractivity contribution is 5.98. The Balaban J connectivity index is 2.26. The normalized spacial score (nSPS) is 26.9. The van der Waals surface area contributed by atoms with E-state index in [9.17, 15) is 53.4 Å². The number of primary amides is 1. The number of aliphatic hydroxyl groups is 1. The number of benzene rings is 1. The first-order valence-corrected chi connectivity index (χ1v) is 22.2. The molecule has 2 heterocycles. The van der Waals surface area contributed by atoms with Gasteiger partial charge in [0.2, 0.25) is 41.4 Å². The smallest absolute Gasteiger partial charge is 0.329 e. The number of hydrogen-bond acceptors (Lipinski definition) is 12. The maximum atomic E-state index is 14.8. The van der Waals surface area contributed by atoms with Crippen molar-refractivity contribution >= 4 is 53.1 Å². The Hall–Kier alpha value is -5.59. The molecule has 1 aromatic rings. The average molecular weight is 900 g/mol. The van der Waals surface area contributed by atoms with Crippen molar-refractivity contribution in [3.8, 4) is 5.75 Å². The second kappa shape index (κ2) is 23.9. The second-order valence-electron chi connectivity index (χ2n) is 17.8. The average Bonchev–Trinajstić information content (AvgIpc) is 3.23. The topological polar surface area (TPSA) is 284 Å². The molecule has 64 heavy (non-hydrogen) atoms. The van der Waals surface area contributed by atoms with Crippen LogP contribution in [0.15, 0.2) is 24.3 Å². The van der Waals surface area contributed by atoms with Crippen LogP contribution in [0.2, 0.25) is 0 Å². The summed E-state index contributed by atoms with van der Waals surface area (Å²) in [5.41, 5.74) is 5.87. The fourth-order valence-corrected chi connectivity index (χ4v) is 7.98. The van der Waals surface area contributed by atoms with Crippen LogP contribution in [0.5, 0.6) is 5.75 Å². The Kier molecular flexibility index (Phi) is 19.7. The molecule has 0 saturated carbocycles. The van der Waals surface area contributed by atoms with E-state index < -0.39 is 114 Å². The number of phenols is 1. The first-order valence-electron chi connectivity index (χ1n) is 22.2. The molecule has 3 unspecified atom stereocenters. The molecule has 2 saturated heterocycles. The molecule has 2 aliphatic heterocycles. The number of likely N-dealkylation sites (N-methyl/N-ethyl adjacent to an activating group) is 1. The van der Waals surface area contributed by atoms with Gasteiger partial charge in [0.1, 0.15) is 60.1 Å². The third kappa shape index (κ3) is 14.2. The lowest BCUT2D eigenvalue weighted by atomic mass is 9.91. The van der Waals surface area contributed by atoms with Gasteiger partial charge in [-0.05, 0) is 75.0 Å². The number of phenolic OH excluding ortho intramolecular Hbond substituents is 1. The largest absolute Gasteiger partial charge is 0.508 e. The number of piperidine rings is 1. The zero-order chi connectivity index (χ0) is 48.2. The molecular weight excluding hydrogens is 831 g/mol. The summed E-state index contributed by atoms with van der Waals surface area (Å²) in [6, 6.07) is -2.30. The summed E-state index contributed by atoms with van der Waals surface area (Å²) in [7, 11) is 1.38. The molecule has 1 aromatic carbocycles. The lowest BCUT2D eigenvalue weighted by Crippen LogP contribution is -2.66. The molecular formula is C45H69N7O12. The highest BCUT2D eigenvalue weighted by atomic mass is 16.5. The van der Waals surface area contributed by atoms with E-state index in [4.69, 9.17) is 10.5 Å². The Labute approximate surface area is 375 Å². The molecule has 19 nitrogen and oxygen atoms in total. The molecule has 2 aliphatic rings. The molecule has 356 valence electrons. The number of Topliss-reactive ketones (excluding diaryl/α,β-unsaturated/α-hetero) is 1. The second-order valence-corrected chi connectivity index (χ2v) is 17.8. The van der Waals surface area contributed by atoms with Crippen LogP contribution in [0.25, 0.3) is 0 Å². The maximum absolute atomic E-state index is 14.8. The van der Waals surface area contributed by atoms with Gasteiger partial charge >= 0.3 is 5.97 Å². The Morgan fingerprint density at radius 2 is 1.52 bits per heavy atom. The molecule has 0 radical (unpaired) electrons. The number of fused-ring (bicyclic) bond motifs is 2. The molecule has 2 bridgehead atoms. The summed E-state index contributed by atoms with van der Waals surface area (Å²) in [5.74, 6) is -9.40. The number of nitrogens with one attached hydrogen (secondary N) is 4. The predicted octanol–water partition coefficient (Wildman–Crippen LogP) is 0.955. The van der Waals surface area contributed by atoms with Gasteiger partial charge < -0.3 is 56.5 Å². The number of ether oxygens (including phenoxy) is 1. The molecule has 0 spiro atoms. The van der Waals surface area contributed by atoms with Crippen molar-refractivity contribution in [1.82, 2.24) is 31.1 Å². The van der Waals surface area contributed by atoms with Gasteiger partial charge in [0.05, 0.1) is 0 Å². The lowest BCUT2D eigenvalue weighted by molar-refractivity contribution is -0.168. The fraction of sp³-hybridized carbons (Fsp3) is 0.667. The van der Waals surface area contributed by atoms with Crippen molar-refractivity contribution in [3.63, 3.8) is 0 Å². The number of carbonyl (C=O) groups excluding carboxylic acids is 9. The van der Waals surface area contributed by atoms with Gasteiger partial charge in [0.25, 0.3) is 0 Å². The van der Waals surface area contributed by atoms with Crippen LogP contribution in [0.4, 0.5) is 0 Å². The predicted molar refractivity (Wildman–Crippen MR) is 233 cm³/mol. The summed E-state index contributed by atoms with van der Waals surface area (Å²) in [6.45, 7) is 13.2. The number of carbonyl (C=O) groups is 9. The first-order chi connectivity index (χ1) is 30.0. The number of amides is 7. The summed E-state index contributed by atoms with van der Waals surface area (Å²) >= 11 is 0. The number of nitrogens with two attached hydrogens (primary N) is 1. The van der Waals surface area contributed by atoms with Crippen LogP contribution in [0, 0.1) is 23.7 Å². The molecule has 7 amide bonds. The monoisotopic (exact) mass is 900 g/mol. The van der Waals surface area contributed by atoms with Crippen molar-refractivity contribution < 1.29 is 58.1 Å². The molecule has 8 N–H and O–H groups in total.